The number of ether oxygens (including phenoxy) is 5. The molecule has 2 aromatic heterocycles. The molecule has 0 spiro atoms. The molecule has 5 heterocycles. The molecule has 0 N–H and O–H groups in total. The fourth-order valence-electron chi connectivity index (χ4n) is 7.30. The van der Waals surface area contributed by atoms with Crippen LogP contribution in [-0.2, 0) is 37.8 Å². The third-order valence-corrected chi connectivity index (χ3v) is 10.8. The Morgan fingerprint density at radius 3 is 2.33 bits per heavy atom. The van der Waals surface area contributed by atoms with Gasteiger partial charge in [-0.1, -0.05) is 29.3 Å². The highest BCUT2D eigenvalue weighted by Gasteiger charge is 2.45. The van der Waals surface area contributed by atoms with E-state index in [4.69, 9.17) is 46.9 Å². The van der Waals surface area contributed by atoms with Gasteiger partial charge in [-0.25, -0.2) is 19.0 Å². The van der Waals surface area contributed by atoms with Gasteiger partial charge in [0.1, 0.15) is 24.8 Å². The van der Waals surface area contributed by atoms with Gasteiger partial charge in [-0.2, -0.15) is 5.10 Å². The average molecular weight is 791 g/mol. The zero-order valence-corrected chi connectivity index (χ0v) is 32.1. The summed E-state index contributed by atoms with van der Waals surface area (Å²) in [5, 5.41) is 5.34. The standard InChI is InChI=1S/C40H45Cl2N7O6/c41-30-5-14-36(37(42)24-30)40(27-45-17-15-43-28-45)54-26-35(55-40)25-53-34-12-10-32(11-13-34)47-20-18-46(19-21-47)31-6-8-33(9-7-31)48-29-44-49(39(48)50)16-3-23-52-38-4-1-2-22-51-38/h5-15,17,24,28-29,35,38H,1-4,16,18-23,25-27H2/t35-,38?,40-/m1/s1. The number of imidazole rings is 1. The third-order valence-electron chi connectivity index (χ3n) is 10.3. The van der Waals surface area contributed by atoms with E-state index in [0.717, 1.165) is 74.9 Å². The van der Waals surface area contributed by atoms with E-state index < -0.39 is 5.79 Å². The van der Waals surface area contributed by atoms with Gasteiger partial charge in [0.15, 0.2) is 6.29 Å². The normalized spacial score (nSPS) is 21.6. The molecule has 0 radical (unpaired) electrons. The number of halogens is 2. The van der Waals surface area contributed by atoms with Gasteiger partial charge in [-0.15, -0.1) is 0 Å². The van der Waals surface area contributed by atoms with E-state index in [1.54, 1.807) is 35.6 Å². The average Bonchev–Trinajstić information content (AvgIpc) is 3.98. The number of nitrogens with zero attached hydrogens (tertiary/aromatic N) is 7. The summed E-state index contributed by atoms with van der Waals surface area (Å²) in [5.74, 6) is -0.347. The Bertz CT molecular complexity index is 2050. The van der Waals surface area contributed by atoms with Crippen molar-refractivity contribution >= 4 is 34.6 Å². The van der Waals surface area contributed by atoms with Crippen molar-refractivity contribution in [3.8, 4) is 11.4 Å². The molecular formula is C40H45Cl2N7O6. The smallest absolute Gasteiger partial charge is 0.350 e. The first-order valence-corrected chi connectivity index (χ1v) is 19.6. The lowest BCUT2D eigenvalue weighted by Gasteiger charge is -2.37. The molecule has 0 aliphatic carbocycles. The Balaban J connectivity index is 0.803. The Hall–Kier alpha value is -4.37. The van der Waals surface area contributed by atoms with Crippen molar-refractivity contribution in [2.24, 2.45) is 0 Å². The van der Waals surface area contributed by atoms with Gasteiger partial charge < -0.3 is 38.1 Å². The van der Waals surface area contributed by atoms with Crippen LogP contribution < -0.4 is 20.2 Å². The molecule has 290 valence electrons. The van der Waals surface area contributed by atoms with Crippen LogP contribution in [-0.4, -0.2) is 88.9 Å². The van der Waals surface area contributed by atoms with Gasteiger partial charge in [0.05, 0.1) is 36.8 Å². The number of piperazine rings is 1. The molecule has 0 saturated carbocycles. The maximum absolute atomic E-state index is 13.0. The fourth-order valence-corrected chi connectivity index (χ4v) is 7.86. The van der Waals surface area contributed by atoms with Crippen LogP contribution in [0, 0.1) is 0 Å². The Morgan fingerprint density at radius 2 is 1.64 bits per heavy atom. The minimum Gasteiger partial charge on any atom is -0.491 e. The second-order valence-electron chi connectivity index (χ2n) is 14.0. The van der Waals surface area contributed by atoms with Crippen molar-refractivity contribution < 1.29 is 23.7 Å². The quantitative estimate of drug-likeness (QED) is 0.122. The van der Waals surface area contributed by atoms with E-state index in [1.165, 1.54) is 4.68 Å². The topological polar surface area (TPSA) is 110 Å². The summed E-state index contributed by atoms with van der Waals surface area (Å²) in [4.78, 5) is 21.9. The fraction of sp³-hybridized carbons (Fsp3) is 0.425. The van der Waals surface area contributed by atoms with Gasteiger partial charge >= 0.3 is 5.69 Å². The number of hydrogen-bond donors (Lipinski definition) is 0. The predicted octanol–water partition coefficient (Wildman–Crippen LogP) is 6.14. The summed E-state index contributed by atoms with van der Waals surface area (Å²) in [6, 6.07) is 21.6. The number of aryl methyl sites for hydroxylation is 1. The molecule has 3 aromatic carbocycles. The summed E-state index contributed by atoms with van der Waals surface area (Å²) in [6.45, 7) is 6.34. The Kier molecular flexibility index (Phi) is 11.7. The van der Waals surface area contributed by atoms with E-state index in [2.05, 4.69) is 44.1 Å². The summed E-state index contributed by atoms with van der Waals surface area (Å²) >= 11 is 12.8. The minimum absolute atomic E-state index is 0.123. The minimum atomic E-state index is -1.10. The molecule has 3 fully saturated rings. The zero-order valence-electron chi connectivity index (χ0n) is 30.6. The number of benzene rings is 3. The number of hydrogen-bond acceptors (Lipinski definition) is 10. The Labute approximate surface area is 329 Å². The molecule has 13 nitrogen and oxygen atoms in total. The summed E-state index contributed by atoms with van der Waals surface area (Å²) < 4.78 is 35.4. The molecule has 3 atom stereocenters. The van der Waals surface area contributed by atoms with Gasteiger partial charge in [0.2, 0.25) is 5.79 Å². The zero-order chi connectivity index (χ0) is 37.6. The van der Waals surface area contributed by atoms with Crippen LogP contribution in [0.25, 0.3) is 5.69 Å². The molecule has 0 amide bonds. The van der Waals surface area contributed by atoms with Crippen LogP contribution in [0.2, 0.25) is 10.0 Å². The monoisotopic (exact) mass is 789 g/mol. The predicted molar refractivity (Wildman–Crippen MR) is 210 cm³/mol. The van der Waals surface area contributed by atoms with Gasteiger partial charge in [0, 0.05) is 73.7 Å². The lowest BCUT2D eigenvalue weighted by Crippen LogP contribution is -2.46. The number of aromatic nitrogens is 5. The summed E-state index contributed by atoms with van der Waals surface area (Å²) in [5.41, 5.74) is 3.61. The highest BCUT2D eigenvalue weighted by Crippen LogP contribution is 2.40. The van der Waals surface area contributed by atoms with Crippen LogP contribution in [0.1, 0.15) is 31.2 Å². The first-order chi connectivity index (χ1) is 26.9. The van der Waals surface area contributed by atoms with Gasteiger partial charge in [-0.3, -0.25) is 0 Å². The number of anilines is 2. The SMILES string of the molecule is O=c1n(-c2ccc(N3CCN(c4ccc(OC[C@@H]5CO[C@@](Cn6ccnc6)(c6ccc(Cl)cc6Cl)O5)cc4)CC3)cc2)cnn1CCCOC1CCCCO1. The van der Waals surface area contributed by atoms with Crippen molar-refractivity contribution in [2.45, 2.75) is 57.0 Å². The molecule has 8 rings (SSSR count). The van der Waals surface area contributed by atoms with Crippen LogP contribution in [0.4, 0.5) is 11.4 Å². The van der Waals surface area contributed by atoms with E-state index in [0.29, 0.717) is 54.9 Å². The van der Waals surface area contributed by atoms with E-state index in [-0.39, 0.29) is 18.1 Å². The van der Waals surface area contributed by atoms with Crippen molar-refractivity contribution in [2.75, 3.05) is 62.4 Å². The lowest BCUT2D eigenvalue weighted by atomic mass is 10.1. The van der Waals surface area contributed by atoms with E-state index >= 15 is 0 Å². The first kappa shape index (κ1) is 37.5. The van der Waals surface area contributed by atoms with E-state index in [9.17, 15) is 4.79 Å². The molecule has 15 heteroatoms. The molecule has 5 aromatic rings. The van der Waals surface area contributed by atoms with Crippen LogP contribution in [0.5, 0.6) is 5.75 Å². The highest BCUT2D eigenvalue weighted by atomic mass is 35.5. The van der Waals surface area contributed by atoms with Crippen LogP contribution in [0.3, 0.4) is 0 Å². The maximum Gasteiger partial charge on any atom is 0.350 e. The second-order valence-corrected chi connectivity index (χ2v) is 14.8. The molecule has 3 saturated heterocycles. The maximum atomic E-state index is 13.0. The summed E-state index contributed by atoms with van der Waals surface area (Å²) in [7, 11) is 0. The number of rotatable bonds is 14. The first-order valence-electron chi connectivity index (χ1n) is 18.9. The molecule has 55 heavy (non-hydrogen) atoms. The molecule has 3 aliphatic rings. The Morgan fingerprint density at radius 1 is 0.891 bits per heavy atom. The van der Waals surface area contributed by atoms with Crippen molar-refractivity contribution in [3.05, 3.63) is 118 Å². The third kappa shape index (κ3) is 8.88. The van der Waals surface area contributed by atoms with Crippen LogP contribution in [0.15, 0.2) is 96.6 Å². The van der Waals surface area contributed by atoms with Crippen molar-refractivity contribution in [1.29, 1.82) is 0 Å². The molecule has 3 aliphatic heterocycles. The molecule has 0 bridgehead atoms. The van der Waals surface area contributed by atoms with E-state index in [1.807, 2.05) is 41.1 Å². The lowest BCUT2D eigenvalue weighted by molar-refractivity contribution is -0.189. The van der Waals surface area contributed by atoms with Crippen LogP contribution >= 0.6 is 23.2 Å². The highest BCUT2D eigenvalue weighted by molar-refractivity contribution is 6.35. The molecule has 1 unspecified atom stereocenters. The van der Waals surface area contributed by atoms with Gasteiger partial charge in [0.25, 0.3) is 0 Å². The van der Waals surface area contributed by atoms with Gasteiger partial charge in [-0.05, 0) is 86.3 Å². The summed E-state index contributed by atoms with van der Waals surface area (Å²) in [6.07, 6.45) is 10.3. The van der Waals surface area contributed by atoms with Crippen molar-refractivity contribution in [3.63, 3.8) is 0 Å². The molecular weight excluding hydrogens is 745 g/mol. The van der Waals surface area contributed by atoms with Crippen molar-refractivity contribution in [1.82, 2.24) is 23.9 Å². The second kappa shape index (κ2) is 17.2. The largest absolute Gasteiger partial charge is 0.491 e.